The number of piperidine rings is 1. The molecule has 4 nitrogen and oxygen atoms in total. The Hall–Kier alpha value is -2.04. The predicted molar refractivity (Wildman–Crippen MR) is 100 cm³/mol. The van der Waals surface area contributed by atoms with Gasteiger partial charge < -0.3 is 10.2 Å². The van der Waals surface area contributed by atoms with E-state index in [2.05, 4.69) is 5.32 Å². The van der Waals surface area contributed by atoms with Crippen LogP contribution in [0.15, 0.2) is 42.5 Å². The summed E-state index contributed by atoms with van der Waals surface area (Å²) in [7, 11) is 0. The molecule has 0 bridgehead atoms. The van der Waals surface area contributed by atoms with Gasteiger partial charge in [-0.15, -0.1) is 0 Å². The van der Waals surface area contributed by atoms with Crippen molar-refractivity contribution < 1.29 is 9.59 Å². The van der Waals surface area contributed by atoms with Crippen molar-refractivity contribution >= 4 is 40.7 Å². The summed E-state index contributed by atoms with van der Waals surface area (Å²) in [5.74, 6) is -0.134. The van der Waals surface area contributed by atoms with Gasteiger partial charge in [0.2, 0.25) is 5.91 Å². The summed E-state index contributed by atoms with van der Waals surface area (Å²) >= 11 is 12.1. The van der Waals surface area contributed by atoms with Crippen LogP contribution < -0.4 is 5.32 Å². The normalized spacial score (nSPS) is 14.5. The molecule has 1 aliphatic rings. The van der Waals surface area contributed by atoms with E-state index in [1.807, 2.05) is 23.1 Å². The monoisotopic (exact) mass is 376 g/mol. The second-order valence-corrected chi connectivity index (χ2v) is 6.81. The van der Waals surface area contributed by atoms with Crippen molar-refractivity contribution in [2.45, 2.75) is 25.8 Å². The highest BCUT2D eigenvalue weighted by Crippen LogP contribution is 2.26. The molecule has 2 amide bonds. The number of anilines is 1. The van der Waals surface area contributed by atoms with Crippen LogP contribution in [0.25, 0.3) is 0 Å². The van der Waals surface area contributed by atoms with Crippen LogP contribution in [-0.2, 0) is 11.3 Å². The summed E-state index contributed by atoms with van der Waals surface area (Å²) in [4.78, 5) is 26.2. The van der Waals surface area contributed by atoms with Crippen molar-refractivity contribution in [2.75, 3.05) is 11.9 Å². The van der Waals surface area contributed by atoms with Gasteiger partial charge in [-0.25, -0.2) is 0 Å². The number of carbonyl (C=O) groups is 2. The van der Waals surface area contributed by atoms with E-state index < -0.39 is 0 Å². The van der Waals surface area contributed by atoms with Gasteiger partial charge in [0, 0.05) is 25.2 Å². The van der Waals surface area contributed by atoms with Crippen LogP contribution in [0.3, 0.4) is 0 Å². The van der Waals surface area contributed by atoms with Crippen molar-refractivity contribution in [2.24, 2.45) is 0 Å². The third-order valence-electron chi connectivity index (χ3n) is 4.18. The zero-order valence-electron chi connectivity index (χ0n) is 13.6. The Bertz CT molecular complexity index is 808. The molecule has 3 rings (SSSR count). The Balaban J connectivity index is 1.72. The van der Waals surface area contributed by atoms with Crippen LogP contribution in [0.1, 0.15) is 35.2 Å². The average molecular weight is 377 g/mol. The van der Waals surface area contributed by atoms with Gasteiger partial charge in [0.25, 0.3) is 5.91 Å². The molecule has 0 unspecified atom stereocenters. The number of halogens is 2. The number of rotatable bonds is 4. The minimum Gasteiger partial charge on any atom is -0.338 e. The maximum absolute atomic E-state index is 12.4. The molecule has 1 aliphatic heterocycles. The number of nitrogens with one attached hydrogen (secondary N) is 1. The van der Waals surface area contributed by atoms with E-state index in [1.54, 1.807) is 24.3 Å². The van der Waals surface area contributed by atoms with E-state index in [4.69, 9.17) is 23.2 Å². The molecule has 0 saturated carbocycles. The molecule has 1 N–H and O–H groups in total. The lowest BCUT2D eigenvalue weighted by molar-refractivity contribution is -0.133. The smallest absolute Gasteiger partial charge is 0.257 e. The molecule has 25 heavy (non-hydrogen) atoms. The number of hydrogen-bond donors (Lipinski definition) is 1. The fourth-order valence-corrected chi connectivity index (χ4v) is 3.26. The number of nitrogens with zero attached hydrogens (tertiary/aromatic N) is 1. The van der Waals surface area contributed by atoms with E-state index in [9.17, 15) is 9.59 Å². The van der Waals surface area contributed by atoms with Crippen LogP contribution >= 0.6 is 23.2 Å². The Labute approximate surface area is 156 Å². The fraction of sp³-hybridized carbons (Fsp3) is 0.263. The largest absolute Gasteiger partial charge is 0.338 e. The zero-order valence-corrected chi connectivity index (χ0v) is 15.1. The van der Waals surface area contributed by atoms with Crippen LogP contribution in [0.5, 0.6) is 0 Å². The van der Waals surface area contributed by atoms with Crippen molar-refractivity contribution in [3.05, 3.63) is 63.6 Å². The molecule has 6 heteroatoms. The first-order chi connectivity index (χ1) is 12.0. The van der Waals surface area contributed by atoms with Crippen LogP contribution in [-0.4, -0.2) is 23.3 Å². The molecule has 0 aliphatic carbocycles. The topological polar surface area (TPSA) is 49.4 Å². The average Bonchev–Trinajstić information content (AvgIpc) is 2.59. The van der Waals surface area contributed by atoms with Crippen LogP contribution in [0.4, 0.5) is 5.69 Å². The van der Waals surface area contributed by atoms with Crippen molar-refractivity contribution in [1.29, 1.82) is 0 Å². The summed E-state index contributed by atoms with van der Waals surface area (Å²) in [5.41, 5.74) is 1.96. The van der Waals surface area contributed by atoms with E-state index in [1.165, 1.54) is 0 Å². The molecule has 0 spiro atoms. The Kier molecular flexibility index (Phi) is 5.61. The first kappa shape index (κ1) is 17.8. The van der Waals surface area contributed by atoms with Crippen molar-refractivity contribution in [3.8, 4) is 0 Å². The number of carbonyl (C=O) groups excluding carboxylic acids is 2. The summed E-state index contributed by atoms with van der Waals surface area (Å²) in [6, 6.07) is 12.4. The Morgan fingerprint density at radius 1 is 1.12 bits per heavy atom. The number of benzene rings is 2. The van der Waals surface area contributed by atoms with Gasteiger partial charge in [0.1, 0.15) is 0 Å². The molecule has 1 fully saturated rings. The van der Waals surface area contributed by atoms with Gasteiger partial charge in [0.05, 0.1) is 15.6 Å². The molecular weight excluding hydrogens is 359 g/mol. The Morgan fingerprint density at radius 3 is 2.72 bits per heavy atom. The van der Waals surface area contributed by atoms with Crippen molar-refractivity contribution in [1.82, 2.24) is 4.90 Å². The van der Waals surface area contributed by atoms with Gasteiger partial charge in [-0.3, -0.25) is 9.59 Å². The van der Waals surface area contributed by atoms with Crippen molar-refractivity contribution in [3.63, 3.8) is 0 Å². The van der Waals surface area contributed by atoms with E-state index in [0.717, 1.165) is 24.9 Å². The summed E-state index contributed by atoms with van der Waals surface area (Å²) in [6.07, 6.45) is 2.62. The number of likely N-dealkylation sites (tertiary alicyclic amines) is 1. The first-order valence-corrected chi connectivity index (χ1v) is 8.92. The summed E-state index contributed by atoms with van der Waals surface area (Å²) < 4.78 is 0. The highest BCUT2D eigenvalue weighted by molar-refractivity contribution is 6.44. The molecule has 0 atom stereocenters. The summed E-state index contributed by atoms with van der Waals surface area (Å²) in [5, 5.41) is 3.40. The molecule has 1 heterocycles. The summed E-state index contributed by atoms with van der Waals surface area (Å²) in [6.45, 7) is 1.34. The van der Waals surface area contributed by atoms with Crippen LogP contribution in [0, 0.1) is 0 Å². The van der Waals surface area contributed by atoms with Gasteiger partial charge in [0.15, 0.2) is 0 Å². The molecule has 1 saturated heterocycles. The number of hydrogen-bond acceptors (Lipinski definition) is 2. The predicted octanol–water partition coefficient (Wildman–Crippen LogP) is 4.76. The third-order valence-corrected chi connectivity index (χ3v) is 4.99. The fourth-order valence-electron chi connectivity index (χ4n) is 2.87. The van der Waals surface area contributed by atoms with E-state index in [-0.39, 0.29) is 16.8 Å². The molecule has 0 aromatic heterocycles. The van der Waals surface area contributed by atoms with Gasteiger partial charge in [-0.2, -0.15) is 0 Å². The first-order valence-electron chi connectivity index (χ1n) is 8.16. The molecule has 130 valence electrons. The zero-order chi connectivity index (χ0) is 17.8. The lowest BCUT2D eigenvalue weighted by Crippen LogP contribution is -2.34. The highest BCUT2D eigenvalue weighted by atomic mass is 35.5. The SMILES string of the molecule is O=C(Nc1cccc(CN2CCCCC2=O)c1)c1cccc(Cl)c1Cl. The van der Waals surface area contributed by atoms with Gasteiger partial charge >= 0.3 is 0 Å². The minimum absolute atomic E-state index is 0.186. The maximum atomic E-state index is 12.4. The molecule has 0 radical (unpaired) electrons. The lowest BCUT2D eigenvalue weighted by Gasteiger charge is -2.26. The quantitative estimate of drug-likeness (QED) is 0.835. The highest BCUT2D eigenvalue weighted by Gasteiger charge is 2.18. The Morgan fingerprint density at radius 2 is 1.92 bits per heavy atom. The minimum atomic E-state index is -0.321. The molecular formula is C19H18Cl2N2O2. The van der Waals surface area contributed by atoms with E-state index in [0.29, 0.717) is 29.2 Å². The molecule has 2 aromatic carbocycles. The van der Waals surface area contributed by atoms with Gasteiger partial charge in [-0.05, 0) is 42.7 Å². The maximum Gasteiger partial charge on any atom is 0.257 e. The second-order valence-electron chi connectivity index (χ2n) is 6.03. The third kappa shape index (κ3) is 4.33. The van der Waals surface area contributed by atoms with Gasteiger partial charge in [-0.1, -0.05) is 41.4 Å². The standard InChI is InChI=1S/C19H18Cl2N2O2/c20-16-8-4-7-15(18(16)21)19(25)22-14-6-3-5-13(11-14)12-23-10-2-1-9-17(23)24/h3-8,11H,1-2,9-10,12H2,(H,22,25). The number of amides is 2. The lowest BCUT2D eigenvalue weighted by atomic mass is 10.1. The second kappa shape index (κ2) is 7.89. The molecule has 2 aromatic rings. The van der Waals surface area contributed by atoms with E-state index >= 15 is 0 Å². The van der Waals surface area contributed by atoms with Crippen LogP contribution in [0.2, 0.25) is 10.0 Å².